The van der Waals surface area contributed by atoms with Crippen molar-refractivity contribution in [1.82, 2.24) is 20.4 Å². The Morgan fingerprint density at radius 2 is 1.95 bits per heavy atom. The summed E-state index contributed by atoms with van der Waals surface area (Å²) in [7, 11) is 0. The molecule has 1 heterocycles. The third-order valence-electron chi connectivity index (χ3n) is 2.89. The van der Waals surface area contributed by atoms with Gasteiger partial charge in [-0.05, 0) is 41.2 Å². The van der Waals surface area contributed by atoms with Crippen LogP contribution in [-0.2, 0) is 17.9 Å². The molecular weight excluding hydrogens is 240 g/mol. The van der Waals surface area contributed by atoms with Crippen LogP contribution in [-0.4, -0.2) is 27.8 Å². The third-order valence-corrected chi connectivity index (χ3v) is 2.89. The lowest BCUT2D eigenvalue weighted by Gasteiger charge is -2.20. The van der Waals surface area contributed by atoms with Crippen LogP contribution in [0.1, 0.15) is 44.6 Å². The Bertz CT molecular complexity index is 443. The molecule has 0 atom stereocenters. The SMILES string of the molecule is CCNCc1c(C)nn(CC(=O)NC(C)(C)C)c1C. The number of carbonyl (C=O) groups is 1. The molecule has 0 aromatic carbocycles. The number of aryl methyl sites for hydroxylation is 1. The molecule has 1 amide bonds. The van der Waals surface area contributed by atoms with Crippen molar-refractivity contribution in [2.75, 3.05) is 6.54 Å². The molecule has 0 unspecified atom stereocenters. The van der Waals surface area contributed by atoms with E-state index in [1.807, 2.05) is 34.6 Å². The molecule has 0 aliphatic heterocycles. The molecule has 2 N–H and O–H groups in total. The molecule has 5 nitrogen and oxygen atoms in total. The summed E-state index contributed by atoms with van der Waals surface area (Å²) in [6.07, 6.45) is 0. The van der Waals surface area contributed by atoms with E-state index in [-0.39, 0.29) is 18.0 Å². The fourth-order valence-electron chi connectivity index (χ4n) is 1.99. The molecule has 108 valence electrons. The number of nitrogens with zero attached hydrogens (tertiary/aromatic N) is 2. The average Bonchev–Trinajstić information content (AvgIpc) is 2.49. The summed E-state index contributed by atoms with van der Waals surface area (Å²) in [6.45, 7) is 14.0. The topological polar surface area (TPSA) is 59.0 Å². The molecule has 0 aliphatic carbocycles. The largest absolute Gasteiger partial charge is 0.350 e. The molecule has 0 fully saturated rings. The standard InChI is InChI=1S/C14H26N4O/c1-7-15-8-12-10(2)17-18(11(12)3)9-13(19)16-14(4,5)6/h15H,7-9H2,1-6H3,(H,16,19). The molecule has 19 heavy (non-hydrogen) atoms. The van der Waals surface area contributed by atoms with E-state index in [2.05, 4.69) is 22.7 Å². The second-order valence-electron chi connectivity index (χ2n) is 5.89. The summed E-state index contributed by atoms with van der Waals surface area (Å²) < 4.78 is 1.78. The first-order valence-electron chi connectivity index (χ1n) is 6.79. The van der Waals surface area contributed by atoms with Crippen LogP contribution < -0.4 is 10.6 Å². The molecule has 1 rings (SSSR count). The second kappa shape index (κ2) is 6.19. The van der Waals surface area contributed by atoms with Gasteiger partial charge in [0.15, 0.2) is 0 Å². The number of amides is 1. The zero-order chi connectivity index (χ0) is 14.6. The first-order valence-corrected chi connectivity index (χ1v) is 6.79. The van der Waals surface area contributed by atoms with Gasteiger partial charge >= 0.3 is 0 Å². The minimum absolute atomic E-state index is 0.00639. The van der Waals surface area contributed by atoms with Crippen LogP contribution >= 0.6 is 0 Å². The van der Waals surface area contributed by atoms with Gasteiger partial charge in [-0.3, -0.25) is 9.48 Å². The number of hydrogen-bond acceptors (Lipinski definition) is 3. The zero-order valence-electron chi connectivity index (χ0n) is 12.9. The van der Waals surface area contributed by atoms with E-state index in [9.17, 15) is 4.79 Å². The molecule has 0 spiro atoms. The molecule has 1 aromatic heterocycles. The fourth-order valence-corrected chi connectivity index (χ4v) is 1.99. The van der Waals surface area contributed by atoms with E-state index in [0.29, 0.717) is 0 Å². The minimum atomic E-state index is -0.209. The van der Waals surface area contributed by atoms with Crippen LogP contribution in [0.2, 0.25) is 0 Å². The van der Waals surface area contributed by atoms with E-state index in [1.165, 1.54) is 5.56 Å². The van der Waals surface area contributed by atoms with Gasteiger partial charge in [-0.2, -0.15) is 5.10 Å². The lowest BCUT2D eigenvalue weighted by molar-refractivity contribution is -0.123. The molecule has 5 heteroatoms. The number of nitrogens with one attached hydrogen (secondary N) is 2. The predicted molar refractivity (Wildman–Crippen MR) is 77.0 cm³/mol. The van der Waals surface area contributed by atoms with Crippen molar-refractivity contribution >= 4 is 5.91 Å². The van der Waals surface area contributed by atoms with Gasteiger partial charge in [-0.15, -0.1) is 0 Å². The molecular formula is C14H26N4O. The highest BCUT2D eigenvalue weighted by Crippen LogP contribution is 2.12. The summed E-state index contributed by atoms with van der Waals surface area (Å²) in [5.74, 6) is -0.00639. The molecule has 0 radical (unpaired) electrons. The Morgan fingerprint density at radius 1 is 1.32 bits per heavy atom. The minimum Gasteiger partial charge on any atom is -0.350 e. The Labute approximate surface area is 115 Å². The van der Waals surface area contributed by atoms with Crippen LogP contribution in [0, 0.1) is 13.8 Å². The molecule has 1 aromatic rings. The van der Waals surface area contributed by atoms with Gasteiger partial charge in [0.1, 0.15) is 6.54 Å². The van der Waals surface area contributed by atoms with E-state index in [1.54, 1.807) is 4.68 Å². The molecule has 0 saturated carbocycles. The van der Waals surface area contributed by atoms with Gasteiger partial charge in [0.2, 0.25) is 5.91 Å². The van der Waals surface area contributed by atoms with Crippen molar-refractivity contribution in [3.05, 3.63) is 17.0 Å². The molecule has 0 saturated heterocycles. The first-order chi connectivity index (χ1) is 8.74. The van der Waals surface area contributed by atoms with Gasteiger partial charge in [-0.1, -0.05) is 6.92 Å². The summed E-state index contributed by atoms with van der Waals surface area (Å²) in [4.78, 5) is 11.9. The highest BCUT2D eigenvalue weighted by atomic mass is 16.2. The zero-order valence-corrected chi connectivity index (χ0v) is 12.9. The average molecular weight is 266 g/mol. The van der Waals surface area contributed by atoms with Crippen LogP contribution in [0.25, 0.3) is 0 Å². The van der Waals surface area contributed by atoms with E-state index in [4.69, 9.17) is 0 Å². The highest BCUT2D eigenvalue weighted by molar-refractivity contribution is 5.76. The van der Waals surface area contributed by atoms with Gasteiger partial charge < -0.3 is 10.6 Å². The van der Waals surface area contributed by atoms with Crippen molar-refractivity contribution in [2.45, 2.75) is 60.2 Å². The van der Waals surface area contributed by atoms with Crippen LogP contribution in [0.5, 0.6) is 0 Å². The number of carbonyl (C=O) groups excluding carboxylic acids is 1. The predicted octanol–water partition coefficient (Wildman–Crippen LogP) is 1.52. The summed E-state index contributed by atoms with van der Waals surface area (Å²) in [6, 6.07) is 0. The second-order valence-corrected chi connectivity index (χ2v) is 5.89. The maximum absolute atomic E-state index is 11.9. The van der Waals surface area contributed by atoms with Gasteiger partial charge in [0.05, 0.1) is 5.69 Å². The van der Waals surface area contributed by atoms with Crippen LogP contribution in [0.3, 0.4) is 0 Å². The van der Waals surface area contributed by atoms with Crippen molar-refractivity contribution in [3.8, 4) is 0 Å². The maximum Gasteiger partial charge on any atom is 0.242 e. The van der Waals surface area contributed by atoms with Crippen LogP contribution in [0.15, 0.2) is 0 Å². The van der Waals surface area contributed by atoms with Gasteiger partial charge in [0.25, 0.3) is 0 Å². The quantitative estimate of drug-likeness (QED) is 0.849. The Balaban J connectivity index is 2.77. The number of aromatic nitrogens is 2. The summed E-state index contributed by atoms with van der Waals surface area (Å²) in [5, 5.41) is 10.7. The lowest BCUT2D eigenvalue weighted by atomic mass is 10.1. The highest BCUT2D eigenvalue weighted by Gasteiger charge is 2.17. The fraction of sp³-hybridized carbons (Fsp3) is 0.714. The van der Waals surface area contributed by atoms with E-state index < -0.39 is 0 Å². The van der Waals surface area contributed by atoms with Gasteiger partial charge in [0, 0.05) is 23.3 Å². The van der Waals surface area contributed by atoms with Crippen molar-refractivity contribution in [1.29, 1.82) is 0 Å². The summed E-state index contributed by atoms with van der Waals surface area (Å²) >= 11 is 0. The van der Waals surface area contributed by atoms with E-state index >= 15 is 0 Å². The van der Waals surface area contributed by atoms with Crippen LogP contribution in [0.4, 0.5) is 0 Å². The van der Waals surface area contributed by atoms with Crippen molar-refractivity contribution < 1.29 is 4.79 Å². The summed E-state index contributed by atoms with van der Waals surface area (Å²) in [5.41, 5.74) is 3.02. The van der Waals surface area contributed by atoms with Crippen molar-refractivity contribution in [3.63, 3.8) is 0 Å². The van der Waals surface area contributed by atoms with Gasteiger partial charge in [-0.25, -0.2) is 0 Å². The Morgan fingerprint density at radius 3 is 2.47 bits per heavy atom. The number of hydrogen-bond donors (Lipinski definition) is 2. The maximum atomic E-state index is 11.9. The smallest absolute Gasteiger partial charge is 0.242 e. The molecule has 0 bridgehead atoms. The molecule has 0 aliphatic rings. The Hall–Kier alpha value is -1.36. The number of rotatable bonds is 5. The Kier molecular flexibility index (Phi) is 5.11. The monoisotopic (exact) mass is 266 g/mol. The van der Waals surface area contributed by atoms with Crippen molar-refractivity contribution in [2.24, 2.45) is 0 Å². The normalized spacial score (nSPS) is 11.7. The van der Waals surface area contributed by atoms with E-state index in [0.717, 1.165) is 24.5 Å². The first kappa shape index (κ1) is 15.7. The third kappa shape index (κ3) is 4.67. The lowest BCUT2D eigenvalue weighted by Crippen LogP contribution is -2.42.